The van der Waals surface area contributed by atoms with Gasteiger partial charge in [-0.25, -0.2) is 4.98 Å². The summed E-state index contributed by atoms with van der Waals surface area (Å²) in [5.74, 6) is 0.0822. The lowest BCUT2D eigenvalue weighted by Crippen LogP contribution is -2.24. The molecule has 0 radical (unpaired) electrons. The third kappa shape index (κ3) is 1.64. The lowest BCUT2D eigenvalue weighted by atomic mass is 10.4. The largest absolute Gasteiger partial charge is 0.287 e. The Hall–Kier alpha value is -0.610. The van der Waals surface area contributed by atoms with E-state index >= 15 is 0 Å². The summed E-state index contributed by atoms with van der Waals surface area (Å²) in [6.45, 7) is 4.55. The smallest absolute Gasteiger partial charge is 0.230 e. The molecule has 5 heteroatoms. The first-order chi connectivity index (χ1) is 6.58. The van der Waals surface area contributed by atoms with Crippen LogP contribution in [0.2, 0.25) is 0 Å². The summed E-state index contributed by atoms with van der Waals surface area (Å²) in [5, 5.41) is 0.722. The van der Waals surface area contributed by atoms with Gasteiger partial charge in [-0.15, -0.1) is 22.9 Å². The van der Waals surface area contributed by atoms with Crippen molar-refractivity contribution in [2.75, 3.05) is 11.4 Å². The fourth-order valence-corrected chi connectivity index (χ4v) is 2.63. The highest BCUT2D eigenvalue weighted by Crippen LogP contribution is 2.29. The van der Waals surface area contributed by atoms with Crippen LogP contribution in [0.25, 0.3) is 0 Å². The zero-order valence-corrected chi connectivity index (χ0v) is 9.65. The standard InChI is InChI=1S/C9H11ClN2OS/c1-5-6(2)14-9(11-5)12-4-7(10)3-8(12)13/h7H,3-4H2,1-2H3. The van der Waals surface area contributed by atoms with Crippen LogP contribution in [0.3, 0.4) is 0 Å². The van der Waals surface area contributed by atoms with Crippen LogP contribution in [0, 0.1) is 13.8 Å². The summed E-state index contributed by atoms with van der Waals surface area (Å²) in [6.07, 6.45) is 0.430. The van der Waals surface area contributed by atoms with E-state index in [0.29, 0.717) is 13.0 Å². The van der Waals surface area contributed by atoms with Gasteiger partial charge in [0, 0.05) is 17.8 Å². The van der Waals surface area contributed by atoms with Crippen molar-refractivity contribution in [1.82, 2.24) is 4.98 Å². The number of hydrogen-bond acceptors (Lipinski definition) is 3. The van der Waals surface area contributed by atoms with Gasteiger partial charge in [0.2, 0.25) is 5.91 Å². The molecule has 0 saturated carbocycles. The maximum Gasteiger partial charge on any atom is 0.230 e. The lowest BCUT2D eigenvalue weighted by Gasteiger charge is -2.10. The minimum absolute atomic E-state index is 0.0630. The maximum atomic E-state index is 11.5. The van der Waals surface area contributed by atoms with Crippen molar-refractivity contribution in [3.8, 4) is 0 Å². The fraction of sp³-hybridized carbons (Fsp3) is 0.556. The van der Waals surface area contributed by atoms with Gasteiger partial charge in [-0.1, -0.05) is 0 Å². The topological polar surface area (TPSA) is 33.2 Å². The Morgan fingerprint density at radius 2 is 2.29 bits per heavy atom. The molecule has 1 amide bonds. The number of amides is 1. The van der Waals surface area contributed by atoms with Gasteiger partial charge >= 0.3 is 0 Å². The van der Waals surface area contributed by atoms with E-state index in [2.05, 4.69) is 4.98 Å². The van der Waals surface area contributed by atoms with Crippen LogP contribution in [0.5, 0.6) is 0 Å². The number of carbonyl (C=O) groups is 1. The molecule has 1 aromatic heterocycles. The second-order valence-electron chi connectivity index (χ2n) is 3.44. The van der Waals surface area contributed by atoms with Crippen molar-refractivity contribution in [2.45, 2.75) is 25.6 Å². The first-order valence-corrected chi connectivity index (χ1v) is 5.71. The molecule has 1 atom stereocenters. The van der Waals surface area contributed by atoms with Gasteiger partial charge in [-0.05, 0) is 13.8 Å². The average Bonchev–Trinajstić information content (AvgIpc) is 2.57. The Morgan fingerprint density at radius 1 is 1.57 bits per heavy atom. The van der Waals surface area contributed by atoms with Crippen molar-refractivity contribution in [2.24, 2.45) is 0 Å². The molecule has 0 bridgehead atoms. The fourth-order valence-electron chi connectivity index (χ4n) is 1.42. The molecule has 0 N–H and O–H groups in total. The molecule has 2 heterocycles. The number of anilines is 1. The Kier molecular flexibility index (Phi) is 2.49. The number of thiazole rings is 1. The summed E-state index contributed by atoms with van der Waals surface area (Å²) in [5.41, 5.74) is 0.996. The molecule has 0 spiro atoms. The summed E-state index contributed by atoms with van der Waals surface area (Å²) >= 11 is 7.47. The number of carbonyl (C=O) groups excluding carboxylic acids is 1. The number of nitrogens with zero attached hydrogens (tertiary/aromatic N) is 2. The Labute approximate surface area is 91.7 Å². The number of aryl methyl sites for hydroxylation is 2. The molecule has 76 valence electrons. The van der Waals surface area contributed by atoms with E-state index in [4.69, 9.17) is 11.6 Å². The predicted octanol–water partition coefficient (Wildman–Crippen LogP) is 2.10. The second kappa shape index (κ2) is 3.51. The van der Waals surface area contributed by atoms with Gasteiger partial charge in [0.05, 0.1) is 11.1 Å². The van der Waals surface area contributed by atoms with Gasteiger partial charge in [-0.2, -0.15) is 0 Å². The van der Waals surface area contributed by atoms with E-state index in [0.717, 1.165) is 15.7 Å². The summed E-state index contributed by atoms with van der Waals surface area (Å²) in [6, 6.07) is 0. The number of rotatable bonds is 1. The van der Waals surface area contributed by atoms with Crippen molar-refractivity contribution in [3.63, 3.8) is 0 Å². The molecule has 2 rings (SSSR count). The third-order valence-electron chi connectivity index (χ3n) is 2.33. The molecular weight excluding hydrogens is 220 g/mol. The molecule has 1 unspecified atom stereocenters. The first-order valence-electron chi connectivity index (χ1n) is 4.46. The Bertz CT molecular complexity index is 357. The number of aromatic nitrogens is 1. The predicted molar refractivity (Wildman–Crippen MR) is 58.2 cm³/mol. The molecular formula is C9H11ClN2OS. The monoisotopic (exact) mass is 230 g/mol. The maximum absolute atomic E-state index is 11.5. The highest BCUT2D eigenvalue weighted by Gasteiger charge is 2.31. The van der Waals surface area contributed by atoms with Crippen molar-refractivity contribution >= 4 is 34.0 Å². The first kappa shape index (κ1) is 9.93. The molecule has 0 aromatic carbocycles. The van der Waals surface area contributed by atoms with Crippen LogP contribution in [0.15, 0.2) is 0 Å². The minimum atomic E-state index is -0.0630. The molecule has 1 fully saturated rings. The molecule has 1 aliphatic heterocycles. The molecule has 1 aromatic rings. The van der Waals surface area contributed by atoms with Gasteiger partial charge in [0.25, 0.3) is 0 Å². The second-order valence-corrected chi connectivity index (χ2v) is 5.24. The highest BCUT2D eigenvalue weighted by molar-refractivity contribution is 7.15. The van der Waals surface area contributed by atoms with E-state index in [-0.39, 0.29) is 11.3 Å². The van der Waals surface area contributed by atoms with E-state index in [1.165, 1.54) is 0 Å². The van der Waals surface area contributed by atoms with Crippen LogP contribution in [-0.2, 0) is 4.79 Å². The van der Waals surface area contributed by atoms with Crippen LogP contribution in [-0.4, -0.2) is 22.8 Å². The summed E-state index contributed by atoms with van der Waals surface area (Å²) in [4.78, 5) is 18.7. The average molecular weight is 231 g/mol. The number of halogens is 1. The van der Waals surface area contributed by atoms with E-state index in [9.17, 15) is 4.79 Å². The number of hydrogen-bond donors (Lipinski definition) is 0. The molecule has 1 aliphatic rings. The van der Waals surface area contributed by atoms with Crippen molar-refractivity contribution in [3.05, 3.63) is 10.6 Å². The normalized spacial score (nSPS) is 22.1. The lowest BCUT2D eigenvalue weighted by molar-refractivity contribution is -0.117. The molecule has 3 nitrogen and oxygen atoms in total. The highest BCUT2D eigenvalue weighted by atomic mass is 35.5. The van der Waals surface area contributed by atoms with Gasteiger partial charge in [-0.3, -0.25) is 9.69 Å². The zero-order chi connectivity index (χ0) is 10.3. The van der Waals surface area contributed by atoms with Crippen LogP contribution in [0.4, 0.5) is 5.13 Å². The minimum Gasteiger partial charge on any atom is -0.287 e. The molecule has 0 aliphatic carbocycles. The van der Waals surface area contributed by atoms with Crippen molar-refractivity contribution < 1.29 is 4.79 Å². The molecule has 14 heavy (non-hydrogen) atoms. The Balaban J connectivity index is 2.27. The summed E-state index contributed by atoms with van der Waals surface area (Å²) in [7, 11) is 0. The SMILES string of the molecule is Cc1nc(N2CC(Cl)CC2=O)sc1C. The molecule has 1 saturated heterocycles. The Morgan fingerprint density at radius 3 is 2.71 bits per heavy atom. The van der Waals surface area contributed by atoms with Crippen LogP contribution < -0.4 is 4.90 Å². The van der Waals surface area contributed by atoms with E-state index < -0.39 is 0 Å². The van der Waals surface area contributed by atoms with Crippen LogP contribution >= 0.6 is 22.9 Å². The zero-order valence-electron chi connectivity index (χ0n) is 8.08. The van der Waals surface area contributed by atoms with E-state index in [1.807, 2.05) is 13.8 Å². The van der Waals surface area contributed by atoms with Crippen LogP contribution in [0.1, 0.15) is 17.0 Å². The van der Waals surface area contributed by atoms with Gasteiger partial charge in [0.15, 0.2) is 5.13 Å². The quantitative estimate of drug-likeness (QED) is 0.693. The van der Waals surface area contributed by atoms with Crippen molar-refractivity contribution in [1.29, 1.82) is 0 Å². The van der Waals surface area contributed by atoms with Gasteiger partial charge < -0.3 is 0 Å². The van der Waals surface area contributed by atoms with E-state index in [1.54, 1.807) is 16.2 Å². The summed E-state index contributed by atoms with van der Waals surface area (Å²) < 4.78 is 0. The third-order valence-corrected chi connectivity index (χ3v) is 3.71. The number of alkyl halides is 1. The van der Waals surface area contributed by atoms with Gasteiger partial charge in [0.1, 0.15) is 0 Å².